The summed E-state index contributed by atoms with van der Waals surface area (Å²) < 4.78 is 36.1. The van der Waals surface area contributed by atoms with E-state index in [9.17, 15) is 13.2 Å². The summed E-state index contributed by atoms with van der Waals surface area (Å²) in [4.78, 5) is 11.1. The van der Waals surface area contributed by atoms with Crippen LogP contribution < -0.4 is 14.8 Å². The van der Waals surface area contributed by atoms with Crippen molar-refractivity contribution >= 4 is 16.3 Å². The van der Waals surface area contributed by atoms with Crippen molar-refractivity contribution in [2.45, 2.75) is 20.0 Å². The van der Waals surface area contributed by atoms with E-state index in [1.807, 2.05) is 0 Å². The van der Waals surface area contributed by atoms with Crippen LogP contribution in [0.15, 0.2) is 0 Å². The fourth-order valence-corrected chi connectivity index (χ4v) is 1.67. The number of methoxy groups -OCH3 is 1. The highest BCUT2D eigenvalue weighted by Gasteiger charge is 2.15. The summed E-state index contributed by atoms with van der Waals surface area (Å²) in [5.74, 6) is 0. The average Bonchev–Trinajstić information content (AvgIpc) is 2.20. The SMILES string of the molecule is COCCNCCNS(=O)(=O)NC(=O)OC(C)C. The molecule has 0 aromatic carbocycles. The van der Waals surface area contributed by atoms with Gasteiger partial charge in [-0.05, 0) is 13.8 Å². The Morgan fingerprint density at radius 2 is 1.89 bits per heavy atom. The largest absolute Gasteiger partial charge is 0.446 e. The van der Waals surface area contributed by atoms with Gasteiger partial charge in [0.1, 0.15) is 0 Å². The van der Waals surface area contributed by atoms with Crippen LogP contribution in [0.4, 0.5) is 4.79 Å². The van der Waals surface area contributed by atoms with Gasteiger partial charge in [0.05, 0.1) is 12.7 Å². The zero-order valence-electron chi connectivity index (χ0n) is 10.9. The summed E-state index contributed by atoms with van der Waals surface area (Å²) in [6, 6.07) is 0. The van der Waals surface area contributed by atoms with E-state index in [1.54, 1.807) is 25.7 Å². The topological polar surface area (TPSA) is 106 Å². The van der Waals surface area contributed by atoms with Crippen molar-refractivity contribution in [3.63, 3.8) is 0 Å². The molecular formula is C9H21N3O5S. The molecule has 0 aromatic rings. The molecule has 18 heavy (non-hydrogen) atoms. The highest BCUT2D eigenvalue weighted by atomic mass is 32.2. The number of hydrogen-bond acceptors (Lipinski definition) is 6. The van der Waals surface area contributed by atoms with Crippen molar-refractivity contribution < 1.29 is 22.7 Å². The Kier molecular flexibility index (Phi) is 8.63. The number of carbonyl (C=O) groups is 1. The monoisotopic (exact) mass is 283 g/mol. The lowest BCUT2D eigenvalue weighted by Crippen LogP contribution is -2.43. The van der Waals surface area contributed by atoms with E-state index in [1.165, 1.54) is 0 Å². The molecule has 0 aliphatic carbocycles. The van der Waals surface area contributed by atoms with Gasteiger partial charge in [-0.15, -0.1) is 0 Å². The maximum Gasteiger partial charge on any atom is 0.422 e. The first kappa shape index (κ1) is 17.1. The zero-order valence-corrected chi connectivity index (χ0v) is 11.7. The van der Waals surface area contributed by atoms with Gasteiger partial charge in [0.25, 0.3) is 0 Å². The highest BCUT2D eigenvalue weighted by molar-refractivity contribution is 7.88. The first-order valence-corrected chi connectivity index (χ1v) is 7.03. The zero-order chi connectivity index (χ0) is 14.0. The Bertz CT molecular complexity index is 331. The fraction of sp³-hybridized carbons (Fsp3) is 0.889. The third-order valence-corrected chi connectivity index (χ3v) is 2.66. The molecule has 108 valence electrons. The van der Waals surface area contributed by atoms with Crippen molar-refractivity contribution in [1.29, 1.82) is 0 Å². The summed E-state index contributed by atoms with van der Waals surface area (Å²) in [7, 11) is -2.29. The van der Waals surface area contributed by atoms with Crippen LogP contribution in [-0.4, -0.2) is 54.0 Å². The van der Waals surface area contributed by atoms with E-state index >= 15 is 0 Å². The second-order valence-electron chi connectivity index (χ2n) is 3.70. The van der Waals surface area contributed by atoms with Gasteiger partial charge < -0.3 is 14.8 Å². The molecule has 0 atom stereocenters. The van der Waals surface area contributed by atoms with E-state index in [0.717, 1.165) is 0 Å². The van der Waals surface area contributed by atoms with Gasteiger partial charge in [-0.2, -0.15) is 13.1 Å². The molecule has 0 saturated heterocycles. The fourth-order valence-electron chi connectivity index (χ4n) is 0.957. The van der Waals surface area contributed by atoms with Crippen LogP contribution in [0.2, 0.25) is 0 Å². The molecule has 0 spiro atoms. The Balaban J connectivity index is 3.77. The van der Waals surface area contributed by atoms with Crippen LogP contribution in [0.3, 0.4) is 0 Å². The predicted octanol–water partition coefficient (Wildman–Crippen LogP) is -0.809. The smallest absolute Gasteiger partial charge is 0.422 e. The predicted molar refractivity (Wildman–Crippen MR) is 66.4 cm³/mol. The summed E-state index contributed by atoms with van der Waals surface area (Å²) in [5.41, 5.74) is 0. The number of nitrogens with one attached hydrogen (secondary N) is 3. The summed E-state index contributed by atoms with van der Waals surface area (Å²) >= 11 is 0. The summed E-state index contributed by atoms with van der Waals surface area (Å²) in [5, 5.41) is 2.95. The molecule has 0 radical (unpaired) electrons. The Morgan fingerprint density at radius 3 is 2.44 bits per heavy atom. The van der Waals surface area contributed by atoms with Gasteiger partial charge in [0, 0.05) is 26.7 Å². The van der Waals surface area contributed by atoms with Crippen LogP contribution in [0.5, 0.6) is 0 Å². The van der Waals surface area contributed by atoms with Gasteiger partial charge in [0.2, 0.25) is 0 Å². The first-order chi connectivity index (χ1) is 8.37. The summed E-state index contributed by atoms with van der Waals surface area (Å²) in [6.07, 6.45) is -1.37. The standard InChI is InChI=1S/C9H21N3O5S/c1-8(2)17-9(13)12-18(14,15)11-5-4-10-6-7-16-3/h8,10-11H,4-7H2,1-3H3,(H,12,13). The molecule has 9 heteroatoms. The van der Waals surface area contributed by atoms with E-state index in [4.69, 9.17) is 4.74 Å². The quantitative estimate of drug-likeness (QED) is 0.478. The molecule has 0 unspecified atom stereocenters. The van der Waals surface area contributed by atoms with Crippen molar-refractivity contribution in [2.24, 2.45) is 0 Å². The molecule has 0 aromatic heterocycles. The molecule has 0 heterocycles. The van der Waals surface area contributed by atoms with Crippen molar-refractivity contribution in [2.75, 3.05) is 33.4 Å². The molecule has 0 rings (SSSR count). The van der Waals surface area contributed by atoms with E-state index in [-0.39, 0.29) is 12.6 Å². The van der Waals surface area contributed by atoms with Crippen LogP contribution in [0.1, 0.15) is 13.8 Å². The Hall–Kier alpha value is -0.900. The molecule has 0 saturated carbocycles. The maximum absolute atomic E-state index is 11.3. The molecular weight excluding hydrogens is 262 g/mol. The molecule has 0 bridgehead atoms. The van der Waals surface area contributed by atoms with Crippen LogP contribution in [-0.2, 0) is 19.7 Å². The first-order valence-electron chi connectivity index (χ1n) is 5.55. The number of ether oxygens (including phenoxy) is 2. The minimum absolute atomic E-state index is 0.161. The molecule has 3 N–H and O–H groups in total. The molecule has 1 amide bonds. The molecule has 0 aliphatic rings. The second kappa shape index (κ2) is 9.09. The van der Waals surface area contributed by atoms with Gasteiger partial charge in [-0.1, -0.05) is 0 Å². The lowest BCUT2D eigenvalue weighted by Gasteiger charge is -2.11. The number of carbonyl (C=O) groups excluding carboxylic acids is 1. The number of amides is 1. The number of rotatable bonds is 9. The maximum atomic E-state index is 11.3. The average molecular weight is 283 g/mol. The van der Waals surface area contributed by atoms with Crippen molar-refractivity contribution in [3.05, 3.63) is 0 Å². The van der Waals surface area contributed by atoms with E-state index in [0.29, 0.717) is 19.7 Å². The van der Waals surface area contributed by atoms with Crippen molar-refractivity contribution in [1.82, 2.24) is 14.8 Å². The van der Waals surface area contributed by atoms with Gasteiger partial charge in [0.15, 0.2) is 0 Å². The highest BCUT2D eigenvalue weighted by Crippen LogP contribution is 1.89. The normalized spacial score (nSPS) is 11.6. The second-order valence-corrected chi connectivity index (χ2v) is 5.20. The van der Waals surface area contributed by atoms with Gasteiger partial charge >= 0.3 is 16.3 Å². The molecule has 0 aliphatic heterocycles. The van der Waals surface area contributed by atoms with E-state index in [2.05, 4.69) is 14.8 Å². The van der Waals surface area contributed by atoms with Gasteiger partial charge in [-0.25, -0.2) is 9.52 Å². The third kappa shape index (κ3) is 10.3. The molecule has 8 nitrogen and oxygen atoms in total. The third-order valence-electron chi connectivity index (χ3n) is 1.64. The lowest BCUT2D eigenvalue weighted by molar-refractivity contribution is 0.121. The van der Waals surface area contributed by atoms with Crippen LogP contribution in [0, 0.1) is 0 Å². The minimum Gasteiger partial charge on any atom is -0.446 e. The Morgan fingerprint density at radius 1 is 1.22 bits per heavy atom. The lowest BCUT2D eigenvalue weighted by atomic mass is 10.5. The minimum atomic E-state index is -3.86. The van der Waals surface area contributed by atoms with Crippen LogP contribution in [0.25, 0.3) is 0 Å². The number of hydrogen-bond donors (Lipinski definition) is 3. The summed E-state index contributed by atoms with van der Waals surface area (Å²) in [6.45, 7) is 5.02. The van der Waals surface area contributed by atoms with Gasteiger partial charge in [-0.3, -0.25) is 0 Å². The van der Waals surface area contributed by atoms with Crippen LogP contribution >= 0.6 is 0 Å². The Labute approximate surface area is 108 Å². The molecule has 0 fully saturated rings. The van der Waals surface area contributed by atoms with E-state index < -0.39 is 16.3 Å². The van der Waals surface area contributed by atoms with Crippen molar-refractivity contribution in [3.8, 4) is 0 Å².